The minimum Gasteiger partial charge on any atom is -0.384 e. The van der Waals surface area contributed by atoms with E-state index in [4.69, 9.17) is 5.11 Å². The molecule has 0 aliphatic heterocycles. The molecule has 0 radical (unpaired) electrons. The van der Waals surface area contributed by atoms with Crippen molar-refractivity contribution in [3.8, 4) is 11.8 Å². The number of hydrogen-bond acceptors (Lipinski definition) is 3. The summed E-state index contributed by atoms with van der Waals surface area (Å²) in [5.74, 6) is 5.48. The van der Waals surface area contributed by atoms with E-state index in [1.54, 1.807) is 0 Å². The van der Waals surface area contributed by atoms with Crippen molar-refractivity contribution in [1.82, 2.24) is 5.32 Å². The summed E-state index contributed by atoms with van der Waals surface area (Å²) in [4.78, 5) is 13.9. The Labute approximate surface area is 128 Å². The smallest absolute Gasteiger partial charge is 0.224 e. The molecular weight excluding hydrogens is 282 g/mol. The fraction of sp³-hybridized carbons (Fsp3) is 0.235. The molecule has 108 valence electrons. The van der Waals surface area contributed by atoms with E-state index in [1.807, 2.05) is 43.3 Å². The van der Waals surface area contributed by atoms with Gasteiger partial charge in [0.05, 0.1) is 17.8 Å². The maximum atomic E-state index is 11.9. The number of aryl methyl sites for hydroxylation is 1. The Morgan fingerprint density at radius 1 is 1.29 bits per heavy atom. The van der Waals surface area contributed by atoms with E-state index >= 15 is 0 Å². The van der Waals surface area contributed by atoms with Gasteiger partial charge >= 0.3 is 0 Å². The van der Waals surface area contributed by atoms with Gasteiger partial charge in [0, 0.05) is 4.88 Å². The second-order valence-electron chi connectivity index (χ2n) is 4.61. The molecule has 0 atom stereocenters. The highest BCUT2D eigenvalue weighted by Crippen LogP contribution is 2.15. The van der Waals surface area contributed by atoms with Gasteiger partial charge in [0.2, 0.25) is 5.91 Å². The van der Waals surface area contributed by atoms with Gasteiger partial charge in [-0.3, -0.25) is 4.79 Å². The lowest BCUT2D eigenvalue weighted by Crippen LogP contribution is -2.24. The van der Waals surface area contributed by atoms with Crippen LogP contribution in [0.2, 0.25) is 0 Å². The van der Waals surface area contributed by atoms with Gasteiger partial charge in [-0.25, -0.2) is 0 Å². The van der Waals surface area contributed by atoms with Crippen molar-refractivity contribution in [3.05, 3.63) is 57.3 Å². The predicted molar refractivity (Wildman–Crippen MR) is 85.0 cm³/mol. The predicted octanol–water partition coefficient (Wildman–Crippen LogP) is 2.26. The molecule has 1 heterocycles. The lowest BCUT2D eigenvalue weighted by molar-refractivity contribution is -0.120. The van der Waals surface area contributed by atoms with Gasteiger partial charge in [0.25, 0.3) is 0 Å². The molecule has 0 bridgehead atoms. The van der Waals surface area contributed by atoms with E-state index in [0.717, 1.165) is 20.9 Å². The van der Waals surface area contributed by atoms with E-state index in [0.29, 0.717) is 13.0 Å². The summed E-state index contributed by atoms with van der Waals surface area (Å²) < 4.78 is 0. The van der Waals surface area contributed by atoms with Crippen molar-refractivity contribution in [1.29, 1.82) is 0 Å². The molecule has 0 aliphatic rings. The van der Waals surface area contributed by atoms with Crippen LogP contribution in [0.25, 0.3) is 0 Å². The molecule has 0 aliphatic carbocycles. The Morgan fingerprint density at radius 3 is 2.86 bits per heavy atom. The Kier molecular flexibility index (Phi) is 5.56. The van der Waals surface area contributed by atoms with Crippen LogP contribution in [0.3, 0.4) is 0 Å². The van der Waals surface area contributed by atoms with Crippen molar-refractivity contribution in [3.63, 3.8) is 0 Å². The van der Waals surface area contributed by atoms with Crippen molar-refractivity contribution in [2.45, 2.75) is 19.9 Å². The maximum absolute atomic E-state index is 11.9. The van der Waals surface area contributed by atoms with E-state index in [-0.39, 0.29) is 12.5 Å². The molecule has 2 aromatic rings. The molecular formula is C17H17NO2S. The fourth-order valence-corrected chi connectivity index (χ4v) is 2.72. The largest absolute Gasteiger partial charge is 0.384 e. The van der Waals surface area contributed by atoms with Crippen LogP contribution in [-0.2, 0) is 17.8 Å². The quantitative estimate of drug-likeness (QED) is 0.851. The molecule has 21 heavy (non-hydrogen) atoms. The Hall–Kier alpha value is -2.09. The molecule has 2 N–H and O–H groups in total. The van der Waals surface area contributed by atoms with Gasteiger partial charge < -0.3 is 10.4 Å². The average molecular weight is 299 g/mol. The highest BCUT2D eigenvalue weighted by atomic mass is 32.1. The average Bonchev–Trinajstić information content (AvgIpc) is 2.93. The molecule has 0 fully saturated rings. The molecule has 4 heteroatoms. The highest BCUT2D eigenvalue weighted by molar-refractivity contribution is 7.12. The number of benzene rings is 1. The third-order valence-corrected chi connectivity index (χ3v) is 4.03. The monoisotopic (exact) mass is 299 g/mol. The first kappa shape index (κ1) is 15.3. The second kappa shape index (κ2) is 7.63. The van der Waals surface area contributed by atoms with Crippen LogP contribution in [-0.4, -0.2) is 17.6 Å². The van der Waals surface area contributed by atoms with Crippen LogP contribution in [0.15, 0.2) is 36.4 Å². The van der Waals surface area contributed by atoms with Crippen LogP contribution in [0, 0.1) is 18.8 Å². The van der Waals surface area contributed by atoms with Gasteiger partial charge in [-0.15, -0.1) is 11.3 Å². The minimum absolute atomic E-state index is 0.0145. The van der Waals surface area contributed by atoms with Crippen molar-refractivity contribution >= 4 is 17.2 Å². The summed E-state index contributed by atoms with van der Waals surface area (Å²) in [6.07, 6.45) is 0.398. The lowest BCUT2D eigenvalue weighted by Gasteiger charge is -2.06. The number of amides is 1. The van der Waals surface area contributed by atoms with Gasteiger partial charge in [0.15, 0.2) is 0 Å². The summed E-state index contributed by atoms with van der Waals surface area (Å²) in [5.41, 5.74) is 2.18. The van der Waals surface area contributed by atoms with Crippen molar-refractivity contribution in [2.24, 2.45) is 0 Å². The first-order valence-electron chi connectivity index (χ1n) is 6.68. The summed E-state index contributed by atoms with van der Waals surface area (Å²) >= 11 is 1.52. The van der Waals surface area contributed by atoms with E-state index in [2.05, 4.69) is 17.2 Å². The number of rotatable bonds is 4. The zero-order chi connectivity index (χ0) is 15.1. The Bertz CT molecular complexity index is 679. The van der Waals surface area contributed by atoms with Gasteiger partial charge in [-0.2, -0.15) is 0 Å². The summed E-state index contributed by atoms with van der Waals surface area (Å²) in [5, 5.41) is 11.6. The van der Waals surface area contributed by atoms with Crippen LogP contribution in [0.4, 0.5) is 0 Å². The highest BCUT2D eigenvalue weighted by Gasteiger charge is 2.06. The number of carbonyl (C=O) groups is 1. The van der Waals surface area contributed by atoms with Crippen LogP contribution < -0.4 is 5.32 Å². The van der Waals surface area contributed by atoms with Gasteiger partial charge in [-0.1, -0.05) is 36.1 Å². The van der Waals surface area contributed by atoms with Crippen LogP contribution >= 0.6 is 11.3 Å². The first-order chi connectivity index (χ1) is 10.2. The maximum Gasteiger partial charge on any atom is 0.224 e. The van der Waals surface area contributed by atoms with Crippen LogP contribution in [0.1, 0.15) is 20.9 Å². The molecule has 3 nitrogen and oxygen atoms in total. The van der Waals surface area contributed by atoms with E-state index < -0.39 is 0 Å². The third kappa shape index (κ3) is 4.75. The minimum atomic E-state index is -0.138. The van der Waals surface area contributed by atoms with Gasteiger partial charge in [0.1, 0.15) is 6.61 Å². The lowest BCUT2D eigenvalue weighted by atomic mass is 10.1. The summed E-state index contributed by atoms with van der Waals surface area (Å²) in [7, 11) is 0. The van der Waals surface area contributed by atoms with Gasteiger partial charge in [-0.05, 0) is 30.2 Å². The molecule has 0 saturated heterocycles. The molecule has 0 spiro atoms. The number of aliphatic hydroxyl groups excluding tert-OH is 1. The molecule has 1 amide bonds. The van der Waals surface area contributed by atoms with E-state index in [1.165, 1.54) is 11.3 Å². The molecule has 2 rings (SSSR count). The number of nitrogens with one attached hydrogen (secondary N) is 1. The first-order valence-corrected chi connectivity index (χ1v) is 7.50. The fourth-order valence-electron chi connectivity index (χ4n) is 1.90. The molecule has 0 saturated carbocycles. The number of thiophene rings is 1. The number of hydrogen-bond donors (Lipinski definition) is 2. The van der Waals surface area contributed by atoms with Crippen molar-refractivity contribution in [2.75, 3.05) is 6.61 Å². The Morgan fingerprint density at radius 2 is 2.10 bits per heavy atom. The second-order valence-corrected chi connectivity index (χ2v) is 5.77. The Balaban J connectivity index is 1.87. The normalized spacial score (nSPS) is 9.81. The molecule has 1 aromatic carbocycles. The van der Waals surface area contributed by atoms with E-state index in [9.17, 15) is 4.79 Å². The summed E-state index contributed by atoms with van der Waals surface area (Å²) in [6, 6.07) is 11.7. The summed E-state index contributed by atoms with van der Waals surface area (Å²) in [6.45, 7) is 2.38. The van der Waals surface area contributed by atoms with Crippen LogP contribution in [0.5, 0.6) is 0 Å². The zero-order valence-electron chi connectivity index (χ0n) is 11.8. The molecule has 1 aromatic heterocycles. The number of aliphatic hydroxyl groups is 1. The molecule has 0 unspecified atom stereocenters. The van der Waals surface area contributed by atoms with Crippen molar-refractivity contribution < 1.29 is 9.90 Å². The zero-order valence-corrected chi connectivity index (χ0v) is 12.7. The SMILES string of the molecule is Cc1ccccc1CC(=O)NCc1ccc(C#CCO)s1. The number of carbonyl (C=O) groups excluding carboxylic acids is 1. The third-order valence-electron chi connectivity index (χ3n) is 3.02. The standard InChI is InChI=1S/C17H17NO2S/c1-13-5-2-3-6-14(13)11-17(20)18-12-16-9-8-15(21-16)7-4-10-19/h2-3,5-6,8-9,19H,10-12H2,1H3,(H,18,20). The topological polar surface area (TPSA) is 49.3 Å².